The van der Waals surface area contributed by atoms with Crippen molar-refractivity contribution in [1.82, 2.24) is 10.3 Å². The summed E-state index contributed by atoms with van der Waals surface area (Å²) in [5.41, 5.74) is 5.01. The number of aromatic nitrogens is 1. The summed E-state index contributed by atoms with van der Waals surface area (Å²) in [6.45, 7) is 0.270. The zero-order valence-corrected chi connectivity index (χ0v) is 24.9. The highest BCUT2D eigenvalue weighted by Crippen LogP contribution is 2.37. The topological polar surface area (TPSA) is 112 Å². The highest BCUT2D eigenvalue weighted by molar-refractivity contribution is 7.23. The molecular weight excluding hydrogens is 595 g/mol. The number of allylic oxidation sites excluding steroid dienone is 2. The van der Waals surface area contributed by atoms with Crippen LogP contribution in [0.25, 0.3) is 15.8 Å². The second-order valence-corrected chi connectivity index (χ2v) is 11.6. The van der Waals surface area contributed by atoms with Gasteiger partial charge in [-0.3, -0.25) is 19.8 Å². The van der Waals surface area contributed by atoms with E-state index in [9.17, 15) is 14.4 Å². The van der Waals surface area contributed by atoms with Crippen LogP contribution in [-0.4, -0.2) is 34.5 Å². The molecule has 8 nitrogen and oxygen atoms in total. The number of urea groups is 1. The van der Waals surface area contributed by atoms with Crippen LogP contribution >= 0.6 is 34.5 Å². The molecule has 0 saturated heterocycles. The molecule has 1 aliphatic carbocycles. The zero-order chi connectivity index (χ0) is 29.6. The molecule has 42 heavy (non-hydrogen) atoms. The molecule has 0 fully saturated rings. The molecule has 11 heteroatoms. The fourth-order valence-electron chi connectivity index (χ4n) is 4.71. The van der Waals surface area contributed by atoms with E-state index in [1.807, 2.05) is 24.3 Å². The lowest BCUT2D eigenvalue weighted by Crippen LogP contribution is -2.34. The van der Waals surface area contributed by atoms with Crippen molar-refractivity contribution in [2.24, 2.45) is 0 Å². The van der Waals surface area contributed by atoms with E-state index in [1.54, 1.807) is 41.3 Å². The lowest BCUT2D eigenvalue weighted by molar-refractivity contribution is -0.136. The number of thiazole rings is 1. The number of nitrogens with one attached hydrogen (secondary N) is 2. The maximum atomic E-state index is 13.7. The van der Waals surface area contributed by atoms with E-state index in [2.05, 4.69) is 21.7 Å². The minimum atomic E-state index is -0.981. The molecule has 0 atom stereocenters. The number of anilines is 2. The summed E-state index contributed by atoms with van der Waals surface area (Å²) in [7, 11) is 0. The Morgan fingerprint density at radius 1 is 0.976 bits per heavy atom. The highest BCUT2D eigenvalue weighted by atomic mass is 35.5. The lowest BCUT2D eigenvalue weighted by Gasteiger charge is -2.23. The molecule has 0 spiro atoms. The maximum absolute atomic E-state index is 13.7. The van der Waals surface area contributed by atoms with E-state index in [1.165, 1.54) is 29.8 Å². The van der Waals surface area contributed by atoms with Gasteiger partial charge in [-0.1, -0.05) is 64.9 Å². The van der Waals surface area contributed by atoms with E-state index in [4.69, 9.17) is 28.3 Å². The van der Waals surface area contributed by atoms with Crippen molar-refractivity contribution < 1.29 is 19.5 Å². The Bertz CT molecular complexity index is 1650. The van der Waals surface area contributed by atoms with E-state index in [0.717, 1.165) is 24.0 Å². The average molecular weight is 624 g/mol. The minimum Gasteiger partial charge on any atom is -0.481 e. The predicted octanol–water partition coefficient (Wildman–Crippen LogP) is 8.00. The first-order valence-electron chi connectivity index (χ1n) is 13.5. The van der Waals surface area contributed by atoms with Gasteiger partial charge in [0.15, 0.2) is 5.13 Å². The van der Waals surface area contributed by atoms with Crippen LogP contribution in [-0.2, 0) is 11.3 Å². The van der Waals surface area contributed by atoms with E-state index in [0.29, 0.717) is 36.6 Å². The molecule has 216 valence electrons. The van der Waals surface area contributed by atoms with Gasteiger partial charge >= 0.3 is 12.0 Å². The van der Waals surface area contributed by atoms with E-state index in [-0.39, 0.29) is 31.4 Å². The summed E-state index contributed by atoms with van der Waals surface area (Å²) in [5, 5.41) is 15.5. The minimum absolute atomic E-state index is 0.0416. The Morgan fingerprint density at radius 3 is 2.43 bits per heavy atom. The standard InChI is InChI=1S/C31H28Cl2N4O4S/c32-24-14-15-25-28(27(24)33)42-30(35-25)36-31(41)37(23-12-10-21(11-13-23)20-4-2-1-3-5-20)18-19-6-8-22(9-7-19)29(40)34-17-16-26(38)39/h4,6-15H,1-3,5,16-18H2,(H,34,40)(H,38,39)(H,35,36,41). The molecular formula is C31H28Cl2N4O4S. The Labute approximate surface area is 257 Å². The van der Waals surface area contributed by atoms with Gasteiger partial charge in [0.05, 0.1) is 33.2 Å². The quantitative estimate of drug-likeness (QED) is 0.175. The number of halogens is 2. The van der Waals surface area contributed by atoms with Gasteiger partial charge in [-0.2, -0.15) is 0 Å². The summed E-state index contributed by atoms with van der Waals surface area (Å²) in [6, 6.07) is 17.8. The molecule has 3 aromatic carbocycles. The van der Waals surface area contributed by atoms with Crippen LogP contribution < -0.4 is 15.5 Å². The summed E-state index contributed by atoms with van der Waals surface area (Å²) in [5.74, 6) is -1.34. The zero-order valence-electron chi connectivity index (χ0n) is 22.5. The van der Waals surface area contributed by atoms with Crippen molar-refractivity contribution >= 4 is 79.1 Å². The number of benzene rings is 3. The van der Waals surface area contributed by atoms with Crippen LogP contribution in [0.3, 0.4) is 0 Å². The van der Waals surface area contributed by atoms with Gasteiger partial charge < -0.3 is 10.4 Å². The fraction of sp³-hybridized carbons (Fsp3) is 0.226. The Kier molecular flexibility index (Phi) is 9.41. The molecule has 1 aliphatic rings. The third kappa shape index (κ3) is 7.10. The number of carboxylic acids is 1. The number of aliphatic carboxylic acids is 1. The number of carboxylic acid groups (broad SMARTS) is 1. The molecule has 0 bridgehead atoms. The van der Waals surface area contributed by atoms with E-state index >= 15 is 0 Å². The van der Waals surface area contributed by atoms with Gasteiger partial charge in [-0.25, -0.2) is 9.78 Å². The van der Waals surface area contributed by atoms with Gasteiger partial charge in [0.2, 0.25) is 0 Å². The van der Waals surface area contributed by atoms with Crippen LogP contribution in [0.15, 0.2) is 66.7 Å². The molecule has 1 heterocycles. The van der Waals surface area contributed by atoms with E-state index < -0.39 is 5.97 Å². The first kappa shape index (κ1) is 29.6. The van der Waals surface area contributed by atoms with Crippen LogP contribution in [0, 0.1) is 0 Å². The van der Waals surface area contributed by atoms with Gasteiger partial charge in [-0.15, -0.1) is 0 Å². The number of fused-ring (bicyclic) bond motifs is 1. The molecule has 3 N–H and O–H groups in total. The van der Waals surface area contributed by atoms with Crippen molar-refractivity contribution in [2.75, 3.05) is 16.8 Å². The molecule has 0 aliphatic heterocycles. The second kappa shape index (κ2) is 13.4. The number of nitrogens with zero attached hydrogens (tertiary/aromatic N) is 2. The van der Waals surface area contributed by atoms with Gasteiger partial charge in [0.25, 0.3) is 5.91 Å². The van der Waals surface area contributed by atoms with Crippen LogP contribution in [0.4, 0.5) is 15.6 Å². The Balaban J connectivity index is 1.37. The van der Waals surface area contributed by atoms with Gasteiger partial charge in [0.1, 0.15) is 0 Å². The number of hydrogen-bond acceptors (Lipinski definition) is 5. The molecule has 0 radical (unpaired) electrons. The summed E-state index contributed by atoms with van der Waals surface area (Å²) < 4.78 is 0.688. The summed E-state index contributed by atoms with van der Waals surface area (Å²) in [6.07, 6.45) is 6.64. The number of hydrogen-bond donors (Lipinski definition) is 3. The van der Waals surface area contributed by atoms with Crippen LogP contribution in [0.5, 0.6) is 0 Å². The number of carbonyl (C=O) groups excluding carboxylic acids is 2. The monoisotopic (exact) mass is 622 g/mol. The van der Waals surface area contributed by atoms with Crippen molar-refractivity contribution in [3.63, 3.8) is 0 Å². The summed E-state index contributed by atoms with van der Waals surface area (Å²) in [4.78, 5) is 42.9. The first-order chi connectivity index (χ1) is 20.3. The fourth-order valence-corrected chi connectivity index (χ4v) is 6.10. The first-order valence-corrected chi connectivity index (χ1v) is 15.1. The third-order valence-corrected chi connectivity index (χ3v) is 8.85. The normalized spacial score (nSPS) is 13.0. The number of carbonyl (C=O) groups is 3. The van der Waals surface area contributed by atoms with Gasteiger partial charge in [0, 0.05) is 17.8 Å². The number of rotatable bonds is 9. The molecule has 1 aromatic heterocycles. The SMILES string of the molecule is O=C(O)CCNC(=O)c1ccc(CN(C(=O)Nc2nc3ccc(Cl)c(Cl)c3s2)c2ccc(C3=CCCCC3)cc2)cc1. The van der Waals surface area contributed by atoms with Gasteiger partial charge in [-0.05, 0) is 78.8 Å². The molecule has 5 rings (SSSR count). The molecule has 4 aromatic rings. The summed E-state index contributed by atoms with van der Waals surface area (Å²) >= 11 is 13.8. The van der Waals surface area contributed by atoms with Crippen LogP contribution in [0.1, 0.15) is 53.6 Å². The molecule has 0 saturated carbocycles. The van der Waals surface area contributed by atoms with Crippen molar-refractivity contribution in [2.45, 2.75) is 38.6 Å². The van der Waals surface area contributed by atoms with Crippen LogP contribution in [0.2, 0.25) is 10.0 Å². The maximum Gasteiger partial charge on any atom is 0.328 e. The lowest BCUT2D eigenvalue weighted by atomic mass is 9.93. The average Bonchev–Trinajstić information content (AvgIpc) is 3.41. The van der Waals surface area contributed by atoms with Crippen molar-refractivity contribution in [1.29, 1.82) is 0 Å². The molecule has 0 unspecified atom stereocenters. The predicted molar refractivity (Wildman–Crippen MR) is 169 cm³/mol. The largest absolute Gasteiger partial charge is 0.481 e. The smallest absolute Gasteiger partial charge is 0.328 e. The third-order valence-electron chi connectivity index (χ3n) is 6.93. The Morgan fingerprint density at radius 2 is 1.74 bits per heavy atom. The Hall–Kier alpha value is -3.92. The second-order valence-electron chi connectivity index (χ2n) is 9.86. The highest BCUT2D eigenvalue weighted by Gasteiger charge is 2.20. The number of amides is 3. The van der Waals surface area contributed by atoms with Crippen molar-refractivity contribution in [3.05, 3.63) is 93.5 Å². The van der Waals surface area contributed by atoms with Crippen molar-refractivity contribution in [3.8, 4) is 0 Å². The molecule has 3 amide bonds.